The minimum Gasteiger partial charge on any atom is -0.371 e. The Labute approximate surface area is 122 Å². The molecule has 0 saturated carbocycles. The summed E-state index contributed by atoms with van der Waals surface area (Å²) in [5, 5.41) is 0.881. The van der Waals surface area contributed by atoms with Gasteiger partial charge >= 0.3 is 0 Å². The molecule has 1 rings (SSSR count). The molecule has 0 spiro atoms. The summed E-state index contributed by atoms with van der Waals surface area (Å²) < 4.78 is 1.17. The molecule has 0 N–H and O–H groups in total. The number of benzene rings is 1. The van der Waals surface area contributed by atoms with Crippen molar-refractivity contribution in [2.75, 3.05) is 11.9 Å². The van der Waals surface area contributed by atoms with Crippen LogP contribution in [0.1, 0.15) is 33.3 Å². The predicted molar refractivity (Wildman–Crippen MR) is 84.1 cm³/mol. The highest BCUT2D eigenvalue weighted by molar-refractivity contribution is 9.10. The van der Waals surface area contributed by atoms with Gasteiger partial charge in [-0.2, -0.15) is 0 Å². The quantitative estimate of drug-likeness (QED) is 0.666. The van der Waals surface area contributed by atoms with Crippen molar-refractivity contribution in [3.8, 4) is 0 Å². The zero-order chi connectivity index (χ0) is 13.2. The summed E-state index contributed by atoms with van der Waals surface area (Å²) in [6.45, 7) is 9.09. The van der Waals surface area contributed by atoms with Gasteiger partial charge in [-0.15, -0.1) is 0 Å². The third kappa shape index (κ3) is 3.72. The van der Waals surface area contributed by atoms with Crippen molar-refractivity contribution >= 4 is 37.5 Å². The fourth-order valence-corrected chi connectivity index (χ4v) is 3.04. The van der Waals surface area contributed by atoms with E-state index in [0.717, 1.165) is 5.33 Å². The Morgan fingerprint density at radius 3 is 2.29 bits per heavy atom. The average Bonchev–Trinajstić information content (AvgIpc) is 2.25. The summed E-state index contributed by atoms with van der Waals surface area (Å²) >= 11 is 7.11. The number of nitrogens with zero attached hydrogens (tertiary/aromatic N) is 1. The molecule has 1 aromatic carbocycles. The fraction of sp³-hybridized carbons (Fsp3) is 0.571. The molecule has 1 unspecified atom stereocenters. The average molecular weight is 363 g/mol. The maximum absolute atomic E-state index is 3.62. The van der Waals surface area contributed by atoms with E-state index in [1.165, 1.54) is 15.7 Å². The van der Waals surface area contributed by atoms with Gasteiger partial charge < -0.3 is 4.90 Å². The molecule has 0 radical (unpaired) electrons. The first kappa shape index (κ1) is 15.0. The second-order valence-electron chi connectivity index (χ2n) is 5.56. The first-order chi connectivity index (χ1) is 7.77. The molecule has 0 fully saturated rings. The topological polar surface area (TPSA) is 3.24 Å². The smallest absolute Gasteiger partial charge is 0.0377 e. The molecular formula is C14H21Br2N. The molecule has 1 nitrogen and oxygen atoms in total. The van der Waals surface area contributed by atoms with Crippen LogP contribution >= 0.6 is 31.9 Å². The van der Waals surface area contributed by atoms with E-state index in [1.54, 1.807) is 0 Å². The van der Waals surface area contributed by atoms with Crippen LogP contribution in [0.25, 0.3) is 0 Å². The van der Waals surface area contributed by atoms with E-state index in [2.05, 4.69) is 89.7 Å². The maximum Gasteiger partial charge on any atom is 0.0377 e. The Kier molecular flexibility index (Phi) is 5.08. The van der Waals surface area contributed by atoms with E-state index in [0.29, 0.717) is 6.04 Å². The Bertz CT molecular complexity index is 382. The van der Waals surface area contributed by atoms with Crippen molar-refractivity contribution in [3.63, 3.8) is 0 Å². The van der Waals surface area contributed by atoms with Gasteiger partial charge in [0, 0.05) is 28.6 Å². The van der Waals surface area contributed by atoms with Crippen LogP contribution in [-0.4, -0.2) is 13.1 Å². The largest absolute Gasteiger partial charge is 0.371 e. The van der Waals surface area contributed by atoms with Crippen LogP contribution in [0.15, 0.2) is 22.7 Å². The molecule has 3 heteroatoms. The van der Waals surface area contributed by atoms with E-state index >= 15 is 0 Å². The van der Waals surface area contributed by atoms with Crippen molar-refractivity contribution < 1.29 is 0 Å². The highest BCUT2D eigenvalue weighted by Crippen LogP contribution is 2.30. The number of hydrogen-bond acceptors (Lipinski definition) is 1. The maximum atomic E-state index is 3.62. The van der Waals surface area contributed by atoms with Crippen molar-refractivity contribution in [1.29, 1.82) is 0 Å². The lowest BCUT2D eigenvalue weighted by atomic mass is 9.87. The first-order valence-electron chi connectivity index (χ1n) is 5.84. The second kappa shape index (κ2) is 5.75. The molecule has 0 saturated heterocycles. The van der Waals surface area contributed by atoms with E-state index in [4.69, 9.17) is 0 Å². The van der Waals surface area contributed by atoms with Gasteiger partial charge in [-0.3, -0.25) is 0 Å². The molecule has 0 aromatic heterocycles. The summed E-state index contributed by atoms with van der Waals surface area (Å²) in [7, 11) is 2.16. The minimum absolute atomic E-state index is 0.273. The Hall–Kier alpha value is -0.0200. The number of rotatable bonds is 3. The SMILES string of the molecule is CC(N(C)c1ccc(CBr)c(Br)c1)C(C)(C)C. The summed E-state index contributed by atoms with van der Waals surface area (Å²) in [5.41, 5.74) is 2.81. The molecule has 1 aromatic rings. The molecule has 17 heavy (non-hydrogen) atoms. The molecule has 1 atom stereocenters. The molecule has 0 amide bonds. The first-order valence-corrected chi connectivity index (χ1v) is 7.76. The van der Waals surface area contributed by atoms with Crippen LogP contribution in [0, 0.1) is 5.41 Å². The van der Waals surface area contributed by atoms with Crippen LogP contribution in [-0.2, 0) is 5.33 Å². The van der Waals surface area contributed by atoms with Crippen LogP contribution in [0.5, 0.6) is 0 Å². The van der Waals surface area contributed by atoms with E-state index < -0.39 is 0 Å². The molecule has 96 valence electrons. The standard InChI is InChI=1S/C14H21Br2N/c1-10(14(2,3)4)17(5)12-7-6-11(9-15)13(16)8-12/h6-8,10H,9H2,1-5H3. The van der Waals surface area contributed by atoms with Gasteiger partial charge in [-0.25, -0.2) is 0 Å². The van der Waals surface area contributed by atoms with Gasteiger partial charge in [0.05, 0.1) is 0 Å². The predicted octanol–water partition coefficient (Wildman–Crippen LogP) is 5.21. The lowest BCUT2D eigenvalue weighted by molar-refractivity contribution is 0.330. The third-order valence-corrected chi connectivity index (χ3v) is 4.76. The van der Waals surface area contributed by atoms with Crippen LogP contribution in [0.2, 0.25) is 0 Å². The van der Waals surface area contributed by atoms with Gasteiger partial charge in [0.2, 0.25) is 0 Å². The van der Waals surface area contributed by atoms with E-state index in [-0.39, 0.29) is 5.41 Å². The van der Waals surface area contributed by atoms with Gasteiger partial charge in [0.15, 0.2) is 0 Å². The zero-order valence-corrected chi connectivity index (χ0v) is 14.4. The number of hydrogen-bond donors (Lipinski definition) is 0. The van der Waals surface area contributed by atoms with Crippen LogP contribution in [0.4, 0.5) is 5.69 Å². The van der Waals surface area contributed by atoms with Crippen molar-refractivity contribution in [1.82, 2.24) is 0 Å². The fourth-order valence-electron chi connectivity index (χ4n) is 1.67. The number of anilines is 1. The molecule has 0 aliphatic heterocycles. The van der Waals surface area contributed by atoms with Gasteiger partial charge in [-0.1, -0.05) is 58.7 Å². The monoisotopic (exact) mass is 361 g/mol. The van der Waals surface area contributed by atoms with Gasteiger partial charge in [0.1, 0.15) is 0 Å². The van der Waals surface area contributed by atoms with Gasteiger partial charge in [-0.05, 0) is 30.0 Å². The number of halogens is 2. The van der Waals surface area contributed by atoms with Crippen molar-refractivity contribution in [3.05, 3.63) is 28.2 Å². The normalized spacial score (nSPS) is 13.6. The van der Waals surface area contributed by atoms with Crippen LogP contribution < -0.4 is 4.90 Å². The van der Waals surface area contributed by atoms with E-state index in [1.807, 2.05) is 0 Å². The van der Waals surface area contributed by atoms with Gasteiger partial charge in [0.25, 0.3) is 0 Å². The third-order valence-electron chi connectivity index (χ3n) is 3.42. The zero-order valence-electron chi connectivity index (χ0n) is 11.2. The van der Waals surface area contributed by atoms with Crippen molar-refractivity contribution in [2.45, 2.75) is 39.1 Å². The lowest BCUT2D eigenvalue weighted by Crippen LogP contribution is -2.39. The summed E-state index contributed by atoms with van der Waals surface area (Å²) in [4.78, 5) is 2.34. The number of alkyl halides is 1. The van der Waals surface area contributed by atoms with E-state index in [9.17, 15) is 0 Å². The lowest BCUT2D eigenvalue weighted by Gasteiger charge is -2.37. The molecule has 0 aliphatic rings. The minimum atomic E-state index is 0.273. The highest BCUT2D eigenvalue weighted by Gasteiger charge is 2.24. The molecule has 0 aliphatic carbocycles. The molecule has 0 heterocycles. The summed E-state index contributed by atoms with van der Waals surface area (Å²) in [6.07, 6.45) is 0. The summed E-state index contributed by atoms with van der Waals surface area (Å²) in [5.74, 6) is 0. The summed E-state index contributed by atoms with van der Waals surface area (Å²) in [6, 6.07) is 7.03. The Balaban J connectivity index is 2.97. The molecule has 0 bridgehead atoms. The van der Waals surface area contributed by atoms with Crippen LogP contribution in [0.3, 0.4) is 0 Å². The second-order valence-corrected chi connectivity index (χ2v) is 6.98. The molecular weight excluding hydrogens is 342 g/mol. The van der Waals surface area contributed by atoms with Crippen molar-refractivity contribution in [2.24, 2.45) is 5.41 Å². The highest BCUT2D eigenvalue weighted by atomic mass is 79.9. The Morgan fingerprint density at radius 1 is 1.29 bits per heavy atom. The Morgan fingerprint density at radius 2 is 1.88 bits per heavy atom.